The van der Waals surface area contributed by atoms with Crippen LogP contribution >= 0.6 is 0 Å². The zero-order valence-electron chi connectivity index (χ0n) is 8.56. The fraction of sp³-hybridized carbons (Fsp3) is 0.778. The average molecular weight is 200 g/mol. The SMILES string of the molecule is CCN1CC(CC(=O)O)CN(C)C1=O. The van der Waals surface area contributed by atoms with Gasteiger partial charge in [-0.3, -0.25) is 4.79 Å². The molecule has 2 amide bonds. The van der Waals surface area contributed by atoms with Crippen molar-refractivity contribution in [3.05, 3.63) is 0 Å². The summed E-state index contributed by atoms with van der Waals surface area (Å²) in [5.74, 6) is -0.746. The average Bonchev–Trinajstić information content (AvgIpc) is 2.10. The molecular formula is C9H16N2O3. The van der Waals surface area contributed by atoms with Gasteiger partial charge in [-0.1, -0.05) is 0 Å². The second kappa shape index (κ2) is 4.30. The van der Waals surface area contributed by atoms with Crippen molar-refractivity contribution in [3.8, 4) is 0 Å². The lowest BCUT2D eigenvalue weighted by molar-refractivity contribution is -0.138. The molecule has 1 heterocycles. The van der Waals surface area contributed by atoms with Crippen molar-refractivity contribution in [3.63, 3.8) is 0 Å². The van der Waals surface area contributed by atoms with E-state index in [9.17, 15) is 9.59 Å². The first-order valence-corrected chi connectivity index (χ1v) is 4.76. The number of aliphatic carboxylic acids is 1. The Bertz CT molecular complexity index is 242. The van der Waals surface area contributed by atoms with Gasteiger partial charge in [-0.15, -0.1) is 0 Å². The monoisotopic (exact) mass is 200 g/mol. The maximum Gasteiger partial charge on any atom is 0.319 e. The largest absolute Gasteiger partial charge is 0.481 e. The predicted molar refractivity (Wildman–Crippen MR) is 51.0 cm³/mol. The Morgan fingerprint density at radius 3 is 2.71 bits per heavy atom. The zero-order chi connectivity index (χ0) is 10.7. The first kappa shape index (κ1) is 10.8. The summed E-state index contributed by atoms with van der Waals surface area (Å²) < 4.78 is 0. The molecule has 1 N–H and O–H groups in total. The number of hydrogen-bond donors (Lipinski definition) is 1. The number of urea groups is 1. The summed E-state index contributed by atoms with van der Waals surface area (Å²) in [7, 11) is 1.71. The van der Waals surface area contributed by atoms with Gasteiger partial charge in [-0.25, -0.2) is 4.79 Å². The van der Waals surface area contributed by atoms with E-state index in [1.54, 1.807) is 16.8 Å². The molecule has 5 heteroatoms. The van der Waals surface area contributed by atoms with Crippen LogP contribution in [-0.2, 0) is 4.79 Å². The van der Waals surface area contributed by atoms with Crippen molar-refractivity contribution in [2.45, 2.75) is 13.3 Å². The molecule has 0 aromatic rings. The number of nitrogens with zero attached hydrogens (tertiary/aromatic N) is 2. The van der Waals surface area contributed by atoms with Crippen LogP contribution in [-0.4, -0.2) is 53.6 Å². The normalized spacial score (nSPS) is 22.7. The van der Waals surface area contributed by atoms with Gasteiger partial charge in [-0.05, 0) is 6.92 Å². The van der Waals surface area contributed by atoms with Gasteiger partial charge in [0.15, 0.2) is 0 Å². The van der Waals surface area contributed by atoms with Crippen LogP contribution in [0.1, 0.15) is 13.3 Å². The fourth-order valence-corrected chi connectivity index (χ4v) is 1.79. The summed E-state index contributed by atoms with van der Waals surface area (Å²) in [5.41, 5.74) is 0. The third-order valence-electron chi connectivity index (χ3n) is 2.45. The van der Waals surface area contributed by atoms with Crippen molar-refractivity contribution in [2.75, 3.05) is 26.7 Å². The highest BCUT2D eigenvalue weighted by Gasteiger charge is 2.29. The molecule has 0 radical (unpaired) electrons. The Kier molecular flexibility index (Phi) is 3.33. The van der Waals surface area contributed by atoms with Crippen molar-refractivity contribution in [2.24, 2.45) is 5.92 Å². The minimum absolute atomic E-state index is 0.00543. The van der Waals surface area contributed by atoms with Gasteiger partial charge < -0.3 is 14.9 Å². The van der Waals surface area contributed by atoms with Crippen molar-refractivity contribution in [1.29, 1.82) is 0 Å². The van der Waals surface area contributed by atoms with Gasteiger partial charge in [0.2, 0.25) is 0 Å². The van der Waals surface area contributed by atoms with E-state index in [0.717, 1.165) is 0 Å². The molecular weight excluding hydrogens is 184 g/mol. The molecule has 1 saturated heterocycles. The molecule has 0 spiro atoms. The van der Waals surface area contributed by atoms with Crippen LogP contribution in [0.25, 0.3) is 0 Å². The lowest BCUT2D eigenvalue weighted by Gasteiger charge is -2.37. The first-order valence-electron chi connectivity index (χ1n) is 4.76. The van der Waals surface area contributed by atoms with Gasteiger partial charge >= 0.3 is 12.0 Å². The minimum atomic E-state index is -0.797. The van der Waals surface area contributed by atoms with Crippen molar-refractivity contribution in [1.82, 2.24) is 9.80 Å². The molecule has 14 heavy (non-hydrogen) atoms. The summed E-state index contributed by atoms with van der Waals surface area (Å²) in [4.78, 5) is 25.3. The number of hydrogen-bond acceptors (Lipinski definition) is 2. The molecule has 1 rings (SSSR count). The third-order valence-corrected chi connectivity index (χ3v) is 2.45. The van der Waals surface area contributed by atoms with E-state index >= 15 is 0 Å². The van der Waals surface area contributed by atoms with E-state index < -0.39 is 5.97 Å². The van der Waals surface area contributed by atoms with E-state index in [2.05, 4.69) is 0 Å². The van der Waals surface area contributed by atoms with Crippen LogP contribution in [0, 0.1) is 5.92 Å². The second-order valence-corrected chi connectivity index (χ2v) is 3.67. The Labute approximate surface area is 83.3 Å². The quantitative estimate of drug-likeness (QED) is 0.720. The van der Waals surface area contributed by atoms with Crippen LogP contribution in [0.4, 0.5) is 4.79 Å². The lowest BCUT2D eigenvalue weighted by Crippen LogP contribution is -2.51. The Morgan fingerprint density at radius 2 is 2.21 bits per heavy atom. The van der Waals surface area contributed by atoms with Gasteiger partial charge in [0.1, 0.15) is 0 Å². The lowest BCUT2D eigenvalue weighted by atomic mass is 10.0. The Hall–Kier alpha value is -1.26. The number of carboxylic acids is 1. The standard InChI is InChI=1S/C9H16N2O3/c1-3-11-6-7(4-8(12)13)5-10(2)9(11)14/h7H,3-6H2,1-2H3,(H,12,13). The molecule has 1 aliphatic heterocycles. The summed E-state index contributed by atoms with van der Waals surface area (Å²) in [6, 6.07) is -0.00543. The predicted octanol–water partition coefficient (Wildman–Crippen LogP) is 0.465. The molecule has 1 fully saturated rings. The maximum absolute atomic E-state index is 11.5. The first-order chi connectivity index (χ1) is 6.54. The van der Waals surface area contributed by atoms with Crippen LogP contribution < -0.4 is 0 Å². The van der Waals surface area contributed by atoms with Gasteiger partial charge in [-0.2, -0.15) is 0 Å². The summed E-state index contributed by atoms with van der Waals surface area (Å²) in [6.45, 7) is 3.64. The number of carbonyl (C=O) groups is 2. The van der Waals surface area contributed by atoms with Gasteiger partial charge in [0.25, 0.3) is 0 Å². The summed E-state index contributed by atoms with van der Waals surface area (Å²) in [5, 5.41) is 8.65. The van der Waals surface area contributed by atoms with E-state index in [4.69, 9.17) is 5.11 Å². The van der Waals surface area contributed by atoms with E-state index in [0.29, 0.717) is 19.6 Å². The van der Waals surface area contributed by atoms with Crippen LogP contribution in [0.2, 0.25) is 0 Å². The zero-order valence-corrected chi connectivity index (χ0v) is 8.56. The molecule has 1 aliphatic rings. The van der Waals surface area contributed by atoms with Crippen LogP contribution in [0.3, 0.4) is 0 Å². The van der Waals surface area contributed by atoms with Crippen LogP contribution in [0.5, 0.6) is 0 Å². The van der Waals surface area contributed by atoms with Crippen molar-refractivity contribution >= 4 is 12.0 Å². The second-order valence-electron chi connectivity index (χ2n) is 3.67. The molecule has 0 aliphatic carbocycles. The molecule has 0 bridgehead atoms. The molecule has 80 valence electrons. The minimum Gasteiger partial charge on any atom is -0.481 e. The number of rotatable bonds is 3. The maximum atomic E-state index is 11.5. The summed E-state index contributed by atoms with van der Waals surface area (Å²) in [6.07, 6.45) is 0.133. The number of carboxylic acid groups (broad SMARTS) is 1. The topological polar surface area (TPSA) is 60.9 Å². The fourth-order valence-electron chi connectivity index (χ4n) is 1.79. The molecule has 0 saturated carbocycles. The van der Waals surface area contributed by atoms with E-state index in [-0.39, 0.29) is 18.4 Å². The Morgan fingerprint density at radius 1 is 1.57 bits per heavy atom. The number of carbonyl (C=O) groups excluding carboxylic acids is 1. The summed E-state index contributed by atoms with van der Waals surface area (Å²) >= 11 is 0. The molecule has 0 aromatic carbocycles. The third kappa shape index (κ3) is 2.37. The molecule has 1 atom stereocenters. The highest BCUT2D eigenvalue weighted by molar-refractivity contribution is 5.75. The van der Waals surface area contributed by atoms with E-state index in [1.807, 2.05) is 6.92 Å². The molecule has 0 aromatic heterocycles. The van der Waals surface area contributed by atoms with Crippen LogP contribution in [0.15, 0.2) is 0 Å². The number of amides is 2. The smallest absolute Gasteiger partial charge is 0.319 e. The van der Waals surface area contributed by atoms with Crippen molar-refractivity contribution < 1.29 is 14.7 Å². The Balaban J connectivity index is 2.58. The van der Waals surface area contributed by atoms with E-state index in [1.165, 1.54) is 0 Å². The highest BCUT2D eigenvalue weighted by atomic mass is 16.4. The highest BCUT2D eigenvalue weighted by Crippen LogP contribution is 2.15. The van der Waals surface area contributed by atoms with Gasteiger partial charge in [0.05, 0.1) is 6.42 Å². The van der Waals surface area contributed by atoms with Gasteiger partial charge in [0, 0.05) is 32.6 Å². The molecule has 1 unspecified atom stereocenters. The molecule has 5 nitrogen and oxygen atoms in total.